The lowest BCUT2D eigenvalue weighted by atomic mass is 10.1. The Kier molecular flexibility index (Phi) is 6.20. The van der Waals surface area contributed by atoms with Crippen LogP contribution in [0.5, 0.6) is 0 Å². The molecule has 0 saturated carbocycles. The SMILES string of the molecule is OCCCCCNCc1nc(Cc2ccccc2)no1. The molecule has 1 aromatic carbocycles. The quantitative estimate of drug-likeness (QED) is 0.684. The molecular formula is C15H21N3O2. The Morgan fingerprint density at radius 2 is 1.95 bits per heavy atom. The molecule has 0 fully saturated rings. The standard InChI is InChI=1S/C15H21N3O2/c19-10-6-2-5-9-16-12-15-17-14(18-20-15)11-13-7-3-1-4-8-13/h1,3-4,7-8,16,19H,2,5-6,9-12H2. The van der Waals surface area contributed by atoms with Crippen molar-refractivity contribution in [3.8, 4) is 0 Å². The van der Waals surface area contributed by atoms with Crippen LogP contribution in [0.15, 0.2) is 34.9 Å². The van der Waals surface area contributed by atoms with Crippen LogP contribution in [0, 0.1) is 0 Å². The summed E-state index contributed by atoms with van der Waals surface area (Å²) < 4.78 is 5.20. The number of hydrogen-bond acceptors (Lipinski definition) is 5. The number of aromatic nitrogens is 2. The second kappa shape index (κ2) is 8.45. The summed E-state index contributed by atoms with van der Waals surface area (Å²) in [6.07, 6.45) is 3.64. The Morgan fingerprint density at radius 1 is 1.10 bits per heavy atom. The van der Waals surface area contributed by atoms with Crippen molar-refractivity contribution in [3.05, 3.63) is 47.6 Å². The molecule has 0 saturated heterocycles. The first-order valence-corrected chi connectivity index (χ1v) is 7.05. The van der Waals surface area contributed by atoms with Crippen molar-refractivity contribution in [3.63, 3.8) is 0 Å². The summed E-state index contributed by atoms with van der Waals surface area (Å²) in [6, 6.07) is 10.1. The fourth-order valence-corrected chi connectivity index (χ4v) is 1.95. The lowest BCUT2D eigenvalue weighted by Crippen LogP contribution is -2.15. The van der Waals surface area contributed by atoms with E-state index in [1.165, 1.54) is 5.56 Å². The number of unbranched alkanes of at least 4 members (excludes halogenated alkanes) is 2. The minimum absolute atomic E-state index is 0.270. The molecule has 0 amide bonds. The van der Waals surface area contributed by atoms with Gasteiger partial charge in [0.1, 0.15) is 0 Å². The van der Waals surface area contributed by atoms with Gasteiger partial charge in [-0.15, -0.1) is 0 Å². The van der Waals surface area contributed by atoms with Crippen LogP contribution in [0.25, 0.3) is 0 Å². The average Bonchev–Trinajstić information content (AvgIpc) is 2.91. The van der Waals surface area contributed by atoms with E-state index in [0.29, 0.717) is 24.7 Å². The van der Waals surface area contributed by atoms with Crippen molar-refractivity contribution in [2.75, 3.05) is 13.2 Å². The molecular weight excluding hydrogens is 254 g/mol. The van der Waals surface area contributed by atoms with Crippen LogP contribution in [0.4, 0.5) is 0 Å². The van der Waals surface area contributed by atoms with Gasteiger partial charge in [0.15, 0.2) is 5.82 Å². The van der Waals surface area contributed by atoms with Crippen LogP contribution < -0.4 is 5.32 Å². The highest BCUT2D eigenvalue weighted by molar-refractivity contribution is 5.18. The molecule has 0 spiro atoms. The van der Waals surface area contributed by atoms with Crippen molar-refractivity contribution in [2.45, 2.75) is 32.2 Å². The van der Waals surface area contributed by atoms with E-state index in [4.69, 9.17) is 9.63 Å². The Morgan fingerprint density at radius 3 is 2.75 bits per heavy atom. The van der Waals surface area contributed by atoms with Crippen LogP contribution in [-0.4, -0.2) is 28.4 Å². The Bertz CT molecular complexity index is 485. The van der Waals surface area contributed by atoms with E-state index in [1.54, 1.807) is 0 Å². The minimum Gasteiger partial charge on any atom is -0.396 e. The molecule has 1 heterocycles. The number of rotatable bonds is 9. The summed E-state index contributed by atoms with van der Waals surface area (Å²) in [6.45, 7) is 1.77. The normalized spacial score (nSPS) is 10.8. The highest BCUT2D eigenvalue weighted by Crippen LogP contribution is 2.06. The predicted molar refractivity (Wildman–Crippen MR) is 76.2 cm³/mol. The lowest BCUT2D eigenvalue weighted by molar-refractivity contribution is 0.282. The maximum atomic E-state index is 8.67. The van der Waals surface area contributed by atoms with Crippen molar-refractivity contribution < 1.29 is 9.63 Å². The van der Waals surface area contributed by atoms with Crippen molar-refractivity contribution in [1.82, 2.24) is 15.5 Å². The zero-order valence-electron chi connectivity index (χ0n) is 11.6. The van der Waals surface area contributed by atoms with Gasteiger partial charge >= 0.3 is 0 Å². The van der Waals surface area contributed by atoms with Crippen molar-refractivity contribution in [2.24, 2.45) is 0 Å². The fourth-order valence-electron chi connectivity index (χ4n) is 1.95. The number of aliphatic hydroxyl groups excluding tert-OH is 1. The first kappa shape index (κ1) is 14.7. The molecule has 5 nitrogen and oxygen atoms in total. The molecule has 1 aromatic heterocycles. The van der Waals surface area contributed by atoms with Crippen LogP contribution in [-0.2, 0) is 13.0 Å². The number of nitrogens with one attached hydrogen (secondary N) is 1. The third-order valence-electron chi connectivity index (χ3n) is 3.00. The molecule has 5 heteroatoms. The summed E-state index contributed by atoms with van der Waals surface area (Å²) in [5.74, 6) is 1.34. The molecule has 0 radical (unpaired) electrons. The number of nitrogens with zero attached hydrogens (tertiary/aromatic N) is 2. The molecule has 2 aromatic rings. The molecule has 2 rings (SSSR count). The molecule has 0 aliphatic carbocycles. The highest BCUT2D eigenvalue weighted by atomic mass is 16.5. The minimum atomic E-state index is 0.270. The van der Waals surface area contributed by atoms with Crippen LogP contribution in [0.3, 0.4) is 0 Å². The molecule has 0 aliphatic rings. The molecule has 2 N–H and O–H groups in total. The molecule has 0 atom stereocenters. The van der Waals surface area contributed by atoms with E-state index in [1.807, 2.05) is 18.2 Å². The summed E-state index contributed by atoms with van der Waals surface area (Å²) in [5, 5.41) is 15.9. The van der Waals surface area contributed by atoms with Gasteiger partial charge in [-0.2, -0.15) is 4.98 Å². The van der Waals surface area contributed by atoms with Gasteiger partial charge in [0.05, 0.1) is 6.54 Å². The first-order valence-electron chi connectivity index (χ1n) is 7.05. The van der Waals surface area contributed by atoms with Gasteiger partial charge in [0.2, 0.25) is 5.89 Å². The van der Waals surface area contributed by atoms with Crippen LogP contribution in [0.1, 0.15) is 36.5 Å². The Labute approximate surface area is 119 Å². The van der Waals surface area contributed by atoms with Gasteiger partial charge in [-0.05, 0) is 31.4 Å². The van der Waals surface area contributed by atoms with Gasteiger partial charge in [0.25, 0.3) is 0 Å². The van der Waals surface area contributed by atoms with Gasteiger partial charge in [-0.1, -0.05) is 35.5 Å². The number of hydrogen-bond donors (Lipinski definition) is 2. The number of aliphatic hydroxyl groups is 1. The lowest BCUT2D eigenvalue weighted by Gasteiger charge is -2.00. The summed E-state index contributed by atoms with van der Waals surface area (Å²) in [7, 11) is 0. The van der Waals surface area contributed by atoms with E-state index in [-0.39, 0.29) is 6.61 Å². The van der Waals surface area contributed by atoms with E-state index < -0.39 is 0 Å². The van der Waals surface area contributed by atoms with Gasteiger partial charge in [-0.25, -0.2) is 0 Å². The first-order chi connectivity index (χ1) is 9.88. The second-order valence-electron chi connectivity index (χ2n) is 4.73. The average molecular weight is 275 g/mol. The maximum absolute atomic E-state index is 8.67. The second-order valence-corrected chi connectivity index (χ2v) is 4.73. The molecule has 20 heavy (non-hydrogen) atoms. The van der Waals surface area contributed by atoms with Crippen LogP contribution in [0.2, 0.25) is 0 Å². The molecule has 108 valence electrons. The molecule has 0 unspecified atom stereocenters. The number of benzene rings is 1. The van der Waals surface area contributed by atoms with E-state index >= 15 is 0 Å². The Hall–Kier alpha value is -1.72. The van der Waals surface area contributed by atoms with E-state index in [0.717, 1.165) is 25.8 Å². The van der Waals surface area contributed by atoms with E-state index in [9.17, 15) is 0 Å². The molecule has 0 bridgehead atoms. The third-order valence-corrected chi connectivity index (χ3v) is 3.00. The monoisotopic (exact) mass is 275 g/mol. The van der Waals surface area contributed by atoms with Gasteiger partial charge in [0, 0.05) is 13.0 Å². The Balaban J connectivity index is 1.70. The topological polar surface area (TPSA) is 71.2 Å². The van der Waals surface area contributed by atoms with Crippen molar-refractivity contribution in [1.29, 1.82) is 0 Å². The largest absolute Gasteiger partial charge is 0.396 e. The maximum Gasteiger partial charge on any atom is 0.240 e. The van der Waals surface area contributed by atoms with Crippen molar-refractivity contribution >= 4 is 0 Å². The smallest absolute Gasteiger partial charge is 0.240 e. The zero-order valence-corrected chi connectivity index (χ0v) is 11.6. The van der Waals surface area contributed by atoms with Crippen LogP contribution >= 0.6 is 0 Å². The fraction of sp³-hybridized carbons (Fsp3) is 0.467. The summed E-state index contributed by atoms with van der Waals surface area (Å²) in [5.41, 5.74) is 1.18. The summed E-state index contributed by atoms with van der Waals surface area (Å²) >= 11 is 0. The zero-order chi connectivity index (χ0) is 14.0. The predicted octanol–water partition coefficient (Wildman–Crippen LogP) is 1.91. The molecule has 0 aliphatic heterocycles. The third kappa shape index (κ3) is 5.11. The summed E-state index contributed by atoms with van der Waals surface area (Å²) in [4.78, 5) is 4.36. The van der Waals surface area contributed by atoms with Gasteiger partial charge in [-0.3, -0.25) is 0 Å². The van der Waals surface area contributed by atoms with Gasteiger partial charge < -0.3 is 14.9 Å². The highest BCUT2D eigenvalue weighted by Gasteiger charge is 2.06. The van der Waals surface area contributed by atoms with E-state index in [2.05, 4.69) is 27.6 Å².